The summed E-state index contributed by atoms with van der Waals surface area (Å²) in [5.74, 6) is -0.0373. The van der Waals surface area contributed by atoms with Crippen molar-refractivity contribution in [3.8, 4) is 5.75 Å². The van der Waals surface area contributed by atoms with Gasteiger partial charge in [0.1, 0.15) is 24.7 Å². The third kappa shape index (κ3) is 5.97. The van der Waals surface area contributed by atoms with Crippen molar-refractivity contribution in [1.82, 2.24) is 15.1 Å². The van der Waals surface area contributed by atoms with Crippen LogP contribution in [0.3, 0.4) is 0 Å². The largest absolute Gasteiger partial charge is 0.491 e. The van der Waals surface area contributed by atoms with E-state index >= 15 is 0 Å². The van der Waals surface area contributed by atoms with E-state index in [2.05, 4.69) is 5.32 Å². The minimum Gasteiger partial charge on any atom is -0.491 e. The zero-order chi connectivity index (χ0) is 22.2. The SMILES string of the molecule is CCCNC(=O)N(CCC)CC(=O)N1CCc2sccc2C1COc1cccc(F)c1. The Balaban J connectivity index is 1.73. The van der Waals surface area contributed by atoms with E-state index in [0.29, 0.717) is 25.4 Å². The standard InChI is InChI=1S/C23H30FN3O3S/c1-3-10-25-23(29)26(11-4-2)15-22(28)27-12-8-21-19(9-13-31-21)20(27)16-30-18-7-5-6-17(24)14-18/h5-7,9,13-14,20H,3-4,8,10-12,15-16H2,1-2H3,(H,25,29). The van der Waals surface area contributed by atoms with Crippen molar-refractivity contribution in [1.29, 1.82) is 0 Å². The molecule has 1 atom stereocenters. The van der Waals surface area contributed by atoms with E-state index in [-0.39, 0.29) is 36.9 Å². The van der Waals surface area contributed by atoms with Crippen molar-refractivity contribution in [3.05, 3.63) is 52.0 Å². The predicted octanol–water partition coefficient (Wildman–Crippen LogP) is 4.22. The average Bonchev–Trinajstić information content (AvgIpc) is 3.24. The van der Waals surface area contributed by atoms with E-state index in [4.69, 9.17) is 4.74 Å². The molecule has 1 unspecified atom stereocenters. The molecule has 3 amide bonds. The molecule has 6 nitrogen and oxygen atoms in total. The summed E-state index contributed by atoms with van der Waals surface area (Å²) in [7, 11) is 0. The average molecular weight is 448 g/mol. The third-order valence-electron chi connectivity index (χ3n) is 5.25. The highest BCUT2D eigenvalue weighted by molar-refractivity contribution is 7.10. The molecule has 0 fully saturated rings. The Bertz CT molecular complexity index is 888. The van der Waals surface area contributed by atoms with Gasteiger partial charge in [-0.15, -0.1) is 11.3 Å². The van der Waals surface area contributed by atoms with Crippen molar-refractivity contribution in [2.45, 2.75) is 39.2 Å². The van der Waals surface area contributed by atoms with E-state index in [1.54, 1.807) is 33.3 Å². The molecule has 0 saturated heterocycles. The first-order valence-corrected chi connectivity index (χ1v) is 11.7. The van der Waals surface area contributed by atoms with Crippen LogP contribution in [-0.4, -0.2) is 54.5 Å². The molecule has 1 N–H and O–H groups in total. The number of thiophene rings is 1. The molecule has 0 bridgehead atoms. The minimum absolute atomic E-state index is 0.0271. The van der Waals surface area contributed by atoms with Crippen molar-refractivity contribution in [2.75, 3.05) is 32.8 Å². The lowest BCUT2D eigenvalue weighted by Gasteiger charge is -2.37. The molecule has 1 aliphatic heterocycles. The fourth-order valence-corrected chi connectivity index (χ4v) is 4.65. The first kappa shape index (κ1) is 23.1. The van der Waals surface area contributed by atoms with Crippen molar-refractivity contribution in [3.63, 3.8) is 0 Å². The lowest BCUT2D eigenvalue weighted by atomic mass is 10.0. The summed E-state index contributed by atoms with van der Waals surface area (Å²) in [6, 6.07) is 7.55. The van der Waals surface area contributed by atoms with Gasteiger partial charge in [-0.2, -0.15) is 0 Å². The highest BCUT2D eigenvalue weighted by atomic mass is 32.1. The Kier molecular flexibility index (Phi) is 8.28. The Morgan fingerprint density at radius 1 is 1.29 bits per heavy atom. The maximum Gasteiger partial charge on any atom is 0.317 e. The predicted molar refractivity (Wildman–Crippen MR) is 120 cm³/mol. The molecule has 8 heteroatoms. The molecule has 1 aromatic carbocycles. The van der Waals surface area contributed by atoms with Crippen LogP contribution in [0.4, 0.5) is 9.18 Å². The summed E-state index contributed by atoms with van der Waals surface area (Å²) in [5.41, 5.74) is 1.07. The van der Waals surface area contributed by atoms with Gasteiger partial charge in [0, 0.05) is 30.6 Å². The molecule has 1 aliphatic rings. The van der Waals surface area contributed by atoms with Gasteiger partial charge >= 0.3 is 6.03 Å². The van der Waals surface area contributed by atoms with E-state index < -0.39 is 0 Å². The molecular formula is C23H30FN3O3S. The van der Waals surface area contributed by atoms with E-state index in [1.165, 1.54) is 17.0 Å². The number of carbonyl (C=O) groups excluding carboxylic acids is 2. The summed E-state index contributed by atoms with van der Waals surface area (Å²) in [6.07, 6.45) is 2.39. The van der Waals surface area contributed by atoms with Gasteiger partial charge in [-0.05, 0) is 48.4 Å². The van der Waals surface area contributed by atoms with Crippen LogP contribution < -0.4 is 10.1 Å². The Hall–Kier alpha value is -2.61. The van der Waals surface area contributed by atoms with Crippen LogP contribution in [0.5, 0.6) is 5.75 Å². The number of nitrogens with zero attached hydrogens (tertiary/aromatic N) is 2. The number of halogens is 1. The second kappa shape index (κ2) is 11.1. The van der Waals surface area contributed by atoms with Gasteiger partial charge in [-0.25, -0.2) is 9.18 Å². The van der Waals surface area contributed by atoms with Crippen LogP contribution in [0.25, 0.3) is 0 Å². The summed E-state index contributed by atoms with van der Waals surface area (Å²) in [5, 5.41) is 4.88. The number of urea groups is 1. The van der Waals surface area contributed by atoms with Gasteiger partial charge in [0.25, 0.3) is 0 Å². The number of ether oxygens (including phenoxy) is 1. The first-order chi connectivity index (χ1) is 15.0. The maximum absolute atomic E-state index is 13.5. The van der Waals surface area contributed by atoms with Gasteiger partial charge < -0.3 is 19.9 Å². The monoisotopic (exact) mass is 447 g/mol. The summed E-state index contributed by atoms with van der Waals surface area (Å²) < 4.78 is 19.4. The van der Waals surface area contributed by atoms with Crippen LogP contribution in [0.15, 0.2) is 35.7 Å². The first-order valence-electron chi connectivity index (χ1n) is 10.8. The van der Waals surface area contributed by atoms with Gasteiger partial charge in [-0.1, -0.05) is 19.9 Å². The molecule has 3 rings (SSSR count). The highest BCUT2D eigenvalue weighted by Crippen LogP contribution is 2.34. The summed E-state index contributed by atoms with van der Waals surface area (Å²) >= 11 is 1.67. The maximum atomic E-state index is 13.5. The van der Waals surface area contributed by atoms with E-state index in [1.807, 2.05) is 25.3 Å². The number of hydrogen-bond donors (Lipinski definition) is 1. The van der Waals surface area contributed by atoms with Crippen LogP contribution >= 0.6 is 11.3 Å². The van der Waals surface area contributed by atoms with Crippen LogP contribution in [0.1, 0.15) is 43.2 Å². The third-order valence-corrected chi connectivity index (χ3v) is 6.25. The zero-order valence-corrected chi connectivity index (χ0v) is 18.9. The number of rotatable bonds is 9. The summed E-state index contributed by atoms with van der Waals surface area (Å²) in [6.45, 7) is 5.90. The molecule has 0 radical (unpaired) electrons. The van der Waals surface area contributed by atoms with Crippen molar-refractivity contribution < 1.29 is 18.7 Å². The number of carbonyl (C=O) groups is 2. The molecule has 0 spiro atoms. The fraction of sp³-hybridized carbons (Fsp3) is 0.478. The number of fused-ring (bicyclic) bond motifs is 1. The van der Waals surface area contributed by atoms with Gasteiger partial charge in [0.2, 0.25) is 5.91 Å². The molecular weight excluding hydrogens is 417 g/mol. The van der Waals surface area contributed by atoms with E-state index in [0.717, 1.165) is 24.8 Å². The molecule has 0 saturated carbocycles. The number of hydrogen-bond acceptors (Lipinski definition) is 4. The number of nitrogens with one attached hydrogen (secondary N) is 1. The Morgan fingerprint density at radius 3 is 2.87 bits per heavy atom. The molecule has 31 heavy (non-hydrogen) atoms. The lowest BCUT2D eigenvalue weighted by Crippen LogP contribution is -2.50. The number of amides is 3. The lowest BCUT2D eigenvalue weighted by molar-refractivity contribution is -0.135. The van der Waals surface area contributed by atoms with Crippen molar-refractivity contribution >= 4 is 23.3 Å². The summed E-state index contributed by atoms with van der Waals surface area (Å²) in [4.78, 5) is 30.3. The number of benzene rings is 1. The van der Waals surface area contributed by atoms with Gasteiger partial charge in [-0.3, -0.25) is 4.79 Å². The van der Waals surface area contributed by atoms with Gasteiger partial charge in [0.15, 0.2) is 0 Å². The topological polar surface area (TPSA) is 61.9 Å². The molecule has 1 aromatic heterocycles. The second-order valence-electron chi connectivity index (χ2n) is 7.57. The van der Waals surface area contributed by atoms with E-state index in [9.17, 15) is 14.0 Å². The minimum atomic E-state index is -0.362. The smallest absolute Gasteiger partial charge is 0.317 e. The van der Waals surface area contributed by atoms with Crippen LogP contribution in [0, 0.1) is 5.82 Å². The quantitative estimate of drug-likeness (QED) is 0.626. The molecule has 168 valence electrons. The van der Waals surface area contributed by atoms with Crippen molar-refractivity contribution in [2.24, 2.45) is 0 Å². The second-order valence-corrected chi connectivity index (χ2v) is 8.57. The fourth-order valence-electron chi connectivity index (χ4n) is 3.73. The van der Waals surface area contributed by atoms with Crippen LogP contribution in [-0.2, 0) is 11.2 Å². The molecule has 2 aromatic rings. The normalized spacial score (nSPS) is 15.3. The molecule has 0 aliphatic carbocycles. The van der Waals surface area contributed by atoms with Gasteiger partial charge in [0.05, 0.1) is 6.04 Å². The Labute approximate surface area is 187 Å². The van der Waals surface area contributed by atoms with Crippen LogP contribution in [0.2, 0.25) is 0 Å². The zero-order valence-electron chi connectivity index (χ0n) is 18.1. The molecule has 2 heterocycles. The highest BCUT2D eigenvalue weighted by Gasteiger charge is 2.33. The Morgan fingerprint density at radius 2 is 2.13 bits per heavy atom.